The Morgan fingerprint density at radius 3 is 2.53 bits per heavy atom. The van der Waals surface area contributed by atoms with Crippen LogP contribution in [0.25, 0.3) is 16.3 Å². The van der Waals surface area contributed by atoms with E-state index >= 15 is 0 Å². The van der Waals surface area contributed by atoms with E-state index in [0.29, 0.717) is 10.7 Å². The largest absolute Gasteiger partial charge is 0.497 e. The van der Waals surface area contributed by atoms with Crippen molar-refractivity contribution in [1.29, 1.82) is 0 Å². The lowest BCUT2D eigenvalue weighted by Crippen LogP contribution is -2.31. The summed E-state index contributed by atoms with van der Waals surface area (Å²) < 4.78 is 6.13. The van der Waals surface area contributed by atoms with Gasteiger partial charge in [0.2, 0.25) is 11.0 Å². The van der Waals surface area contributed by atoms with E-state index in [0.717, 1.165) is 22.1 Å². The molecule has 0 unspecified atom stereocenters. The van der Waals surface area contributed by atoms with E-state index in [9.17, 15) is 14.7 Å². The first kappa shape index (κ1) is 19.3. The summed E-state index contributed by atoms with van der Waals surface area (Å²) in [7, 11) is 1.59. The zero-order valence-electron chi connectivity index (χ0n) is 15.6. The smallest absolute Gasteiger partial charge is 0.335 e. The van der Waals surface area contributed by atoms with Crippen LogP contribution in [0.1, 0.15) is 5.56 Å². The van der Waals surface area contributed by atoms with Crippen LogP contribution in [0.3, 0.4) is 0 Å². The van der Waals surface area contributed by atoms with Crippen LogP contribution in [0.4, 0.5) is 5.13 Å². The lowest BCUT2D eigenvalue weighted by molar-refractivity contribution is 0.415. The minimum Gasteiger partial charge on any atom is -0.497 e. The highest BCUT2D eigenvalue weighted by atomic mass is 32.1. The van der Waals surface area contributed by atoms with Gasteiger partial charge >= 0.3 is 5.69 Å². The van der Waals surface area contributed by atoms with Gasteiger partial charge in [-0.05, 0) is 36.4 Å². The van der Waals surface area contributed by atoms with Crippen molar-refractivity contribution in [3.05, 3.63) is 81.0 Å². The van der Waals surface area contributed by atoms with Gasteiger partial charge in [-0.3, -0.25) is 9.78 Å². The van der Waals surface area contributed by atoms with Gasteiger partial charge in [0.25, 0.3) is 5.56 Å². The standard InChI is InChI=1S/C20H15N5O4S/c1-29-14-9-7-12(8-10-14)17-23-24-19(30-17)21-11-15-16(26)22-20(28)25(18(15)27)13-5-3-2-4-6-13/h2-11,27H,1H3,(H,22,26,28). The maximum Gasteiger partial charge on any atom is 0.335 e. The quantitative estimate of drug-likeness (QED) is 0.478. The summed E-state index contributed by atoms with van der Waals surface area (Å²) in [5.41, 5.74) is -0.428. The topological polar surface area (TPSA) is 122 Å². The molecule has 0 bridgehead atoms. The van der Waals surface area contributed by atoms with Gasteiger partial charge in [0, 0.05) is 11.8 Å². The molecule has 2 heterocycles. The molecule has 0 aliphatic heterocycles. The molecule has 0 aliphatic rings. The average Bonchev–Trinajstić information content (AvgIpc) is 3.23. The Balaban J connectivity index is 1.67. The number of aliphatic imine (C=N–C) groups is 1. The van der Waals surface area contributed by atoms with Crippen molar-refractivity contribution in [2.24, 2.45) is 4.99 Å². The number of rotatable bonds is 5. The maximum atomic E-state index is 12.2. The van der Waals surface area contributed by atoms with Crippen molar-refractivity contribution in [2.45, 2.75) is 0 Å². The molecule has 10 heteroatoms. The van der Waals surface area contributed by atoms with Crippen molar-refractivity contribution < 1.29 is 9.84 Å². The number of para-hydroxylation sites is 1. The van der Waals surface area contributed by atoms with Gasteiger partial charge in [0.1, 0.15) is 16.3 Å². The molecule has 0 amide bonds. The summed E-state index contributed by atoms with van der Waals surface area (Å²) in [6.07, 6.45) is 1.16. The first-order chi connectivity index (χ1) is 14.6. The number of aromatic amines is 1. The molecule has 0 spiro atoms. The van der Waals surface area contributed by atoms with Crippen molar-refractivity contribution in [3.8, 4) is 27.9 Å². The lowest BCUT2D eigenvalue weighted by atomic mass is 10.2. The van der Waals surface area contributed by atoms with Crippen molar-refractivity contribution >= 4 is 22.7 Å². The van der Waals surface area contributed by atoms with Crippen LogP contribution in [0.2, 0.25) is 0 Å². The second-order valence-electron chi connectivity index (χ2n) is 6.04. The zero-order valence-corrected chi connectivity index (χ0v) is 16.5. The van der Waals surface area contributed by atoms with Gasteiger partial charge in [-0.2, -0.15) is 0 Å². The van der Waals surface area contributed by atoms with Crippen LogP contribution in [-0.4, -0.2) is 38.2 Å². The van der Waals surface area contributed by atoms with E-state index in [2.05, 4.69) is 20.2 Å². The summed E-state index contributed by atoms with van der Waals surface area (Å²) in [5.74, 6) is 0.211. The fraction of sp³-hybridized carbons (Fsp3) is 0.0500. The number of hydrogen-bond donors (Lipinski definition) is 2. The third-order valence-corrected chi connectivity index (χ3v) is 5.07. The fourth-order valence-corrected chi connectivity index (χ4v) is 3.40. The molecule has 0 fully saturated rings. The third kappa shape index (κ3) is 3.76. The Morgan fingerprint density at radius 2 is 1.83 bits per heavy atom. The Labute approximate surface area is 173 Å². The highest BCUT2D eigenvalue weighted by molar-refractivity contribution is 7.18. The number of aromatic hydroxyl groups is 1. The van der Waals surface area contributed by atoms with Gasteiger partial charge < -0.3 is 9.84 Å². The van der Waals surface area contributed by atoms with Crippen LogP contribution in [0, 0.1) is 0 Å². The summed E-state index contributed by atoms with van der Waals surface area (Å²) in [6.45, 7) is 0. The monoisotopic (exact) mass is 421 g/mol. The molecule has 2 aromatic carbocycles. The SMILES string of the molecule is COc1ccc(-c2nnc(N=Cc3c(O)n(-c4ccccc4)c(=O)[nH]c3=O)s2)cc1. The van der Waals surface area contributed by atoms with Crippen LogP contribution in [0.15, 0.2) is 69.2 Å². The van der Waals surface area contributed by atoms with E-state index in [1.807, 2.05) is 24.3 Å². The van der Waals surface area contributed by atoms with E-state index in [-0.39, 0.29) is 10.7 Å². The third-order valence-electron chi connectivity index (χ3n) is 4.19. The van der Waals surface area contributed by atoms with Crippen molar-refractivity contribution in [2.75, 3.05) is 7.11 Å². The first-order valence-electron chi connectivity index (χ1n) is 8.72. The summed E-state index contributed by atoms with van der Waals surface area (Å²) >= 11 is 1.21. The summed E-state index contributed by atoms with van der Waals surface area (Å²) in [5, 5.41) is 19.5. The highest BCUT2D eigenvalue weighted by Crippen LogP contribution is 2.29. The summed E-state index contributed by atoms with van der Waals surface area (Å²) in [4.78, 5) is 30.7. The molecule has 0 aliphatic carbocycles. The fourth-order valence-electron chi connectivity index (χ4n) is 2.71. The van der Waals surface area contributed by atoms with Crippen molar-refractivity contribution in [1.82, 2.24) is 19.7 Å². The molecule has 0 atom stereocenters. The molecule has 4 aromatic rings. The van der Waals surface area contributed by atoms with Gasteiger partial charge in [-0.15, -0.1) is 10.2 Å². The maximum absolute atomic E-state index is 12.2. The molecule has 150 valence electrons. The Kier molecular flexibility index (Phi) is 5.22. The van der Waals surface area contributed by atoms with Crippen LogP contribution in [0.5, 0.6) is 11.6 Å². The van der Waals surface area contributed by atoms with E-state index in [4.69, 9.17) is 4.74 Å². The minimum atomic E-state index is -0.756. The number of H-pyrrole nitrogens is 1. The molecule has 9 nitrogen and oxygen atoms in total. The molecule has 2 aromatic heterocycles. The van der Waals surface area contributed by atoms with Crippen molar-refractivity contribution in [3.63, 3.8) is 0 Å². The highest BCUT2D eigenvalue weighted by Gasteiger charge is 2.14. The van der Waals surface area contributed by atoms with Crippen LogP contribution < -0.4 is 16.0 Å². The number of benzene rings is 2. The predicted molar refractivity (Wildman–Crippen MR) is 113 cm³/mol. The minimum absolute atomic E-state index is 0.167. The molecule has 0 saturated carbocycles. The molecule has 0 saturated heterocycles. The predicted octanol–water partition coefficient (Wildman–Crippen LogP) is 2.51. The number of ether oxygens (including phenoxy) is 1. The number of methoxy groups -OCH3 is 1. The number of nitrogens with one attached hydrogen (secondary N) is 1. The second-order valence-corrected chi connectivity index (χ2v) is 7.00. The molecular weight excluding hydrogens is 406 g/mol. The Bertz CT molecular complexity index is 1320. The Morgan fingerprint density at radius 1 is 1.10 bits per heavy atom. The van der Waals surface area contributed by atoms with Gasteiger partial charge in [0.15, 0.2) is 0 Å². The second kappa shape index (κ2) is 8.13. The van der Waals surface area contributed by atoms with E-state index in [1.165, 1.54) is 11.3 Å². The van der Waals surface area contributed by atoms with Gasteiger partial charge in [-0.1, -0.05) is 29.5 Å². The van der Waals surface area contributed by atoms with Gasteiger partial charge in [-0.25, -0.2) is 14.4 Å². The number of hydrogen-bond acceptors (Lipinski definition) is 8. The molecular formula is C20H15N5O4S. The Hall–Kier alpha value is -4.05. The zero-order chi connectivity index (χ0) is 21.1. The molecule has 30 heavy (non-hydrogen) atoms. The number of nitrogens with zero attached hydrogens (tertiary/aromatic N) is 4. The lowest BCUT2D eigenvalue weighted by Gasteiger charge is -2.08. The molecule has 4 rings (SSSR count). The van der Waals surface area contributed by atoms with E-state index in [1.54, 1.807) is 37.4 Å². The molecule has 0 radical (unpaired) electrons. The summed E-state index contributed by atoms with van der Waals surface area (Å²) in [6, 6.07) is 15.8. The first-order valence-corrected chi connectivity index (χ1v) is 9.54. The van der Waals surface area contributed by atoms with E-state index < -0.39 is 17.1 Å². The van der Waals surface area contributed by atoms with Crippen LogP contribution in [-0.2, 0) is 0 Å². The van der Waals surface area contributed by atoms with Crippen LogP contribution >= 0.6 is 11.3 Å². The molecule has 2 N–H and O–H groups in total. The van der Waals surface area contributed by atoms with Gasteiger partial charge in [0.05, 0.1) is 12.8 Å². The normalized spacial score (nSPS) is 11.1. The number of aromatic nitrogens is 4. The average molecular weight is 421 g/mol.